The van der Waals surface area contributed by atoms with Gasteiger partial charge in [-0.15, -0.1) is 0 Å². The molecule has 23 heavy (non-hydrogen) atoms. The van der Waals surface area contributed by atoms with Crippen molar-refractivity contribution in [3.63, 3.8) is 0 Å². The van der Waals surface area contributed by atoms with Crippen LogP contribution in [0.3, 0.4) is 0 Å². The van der Waals surface area contributed by atoms with Crippen molar-refractivity contribution in [1.29, 1.82) is 0 Å². The molecular weight excluding hydrogens is 293 g/mol. The zero-order valence-electron chi connectivity index (χ0n) is 15.0. The molecule has 0 aromatic rings. The molecule has 0 bridgehead atoms. The molecule has 1 aliphatic heterocycles. The van der Waals surface area contributed by atoms with Crippen LogP contribution in [-0.2, 0) is 9.39 Å². The van der Waals surface area contributed by atoms with E-state index >= 15 is 0 Å². The van der Waals surface area contributed by atoms with Gasteiger partial charge in [0.25, 0.3) is 0 Å². The Balaban J connectivity index is 1.90. The summed E-state index contributed by atoms with van der Waals surface area (Å²) in [6.45, 7) is 10.8. The second-order valence-electron chi connectivity index (χ2n) is 7.75. The van der Waals surface area contributed by atoms with E-state index in [9.17, 15) is 10.1 Å². The molecule has 2 rings (SSSR count). The lowest BCUT2D eigenvalue weighted by Crippen LogP contribution is -2.51. The van der Waals surface area contributed by atoms with E-state index in [1.165, 1.54) is 0 Å². The van der Waals surface area contributed by atoms with E-state index in [0.717, 1.165) is 57.5 Å². The maximum atomic E-state index is 10.4. The van der Waals surface area contributed by atoms with Gasteiger partial charge in [-0.25, -0.2) is 0 Å². The molecule has 2 aliphatic rings. The van der Waals surface area contributed by atoms with E-state index < -0.39 is 18.3 Å². The van der Waals surface area contributed by atoms with E-state index in [-0.39, 0.29) is 0 Å². The van der Waals surface area contributed by atoms with Crippen molar-refractivity contribution >= 4 is 7.12 Å². The lowest BCUT2D eigenvalue weighted by molar-refractivity contribution is -0.0990. The Morgan fingerprint density at radius 2 is 2.00 bits per heavy atom. The third-order valence-electron chi connectivity index (χ3n) is 5.39. The molecule has 0 amide bonds. The maximum absolute atomic E-state index is 10.4. The molecule has 1 heterocycles. The fraction of sp³-hybridized carbons (Fsp3) is 0.882. The molecule has 0 spiro atoms. The van der Waals surface area contributed by atoms with E-state index in [0.29, 0.717) is 6.04 Å². The van der Waals surface area contributed by atoms with Crippen LogP contribution in [-0.4, -0.2) is 65.7 Å². The topological polar surface area (TPSA) is 62.2 Å². The zero-order valence-corrected chi connectivity index (χ0v) is 15.0. The second-order valence-corrected chi connectivity index (χ2v) is 7.75. The predicted octanol–water partition coefficient (Wildman–Crippen LogP) is 1.77. The summed E-state index contributed by atoms with van der Waals surface area (Å²) in [5.41, 5.74) is -0.894. The average molecular weight is 325 g/mol. The fourth-order valence-electron chi connectivity index (χ4n) is 3.03. The number of rotatable bonds is 5. The Morgan fingerprint density at radius 3 is 2.61 bits per heavy atom. The van der Waals surface area contributed by atoms with Crippen molar-refractivity contribution in [2.45, 2.75) is 70.6 Å². The first-order valence-electron chi connectivity index (χ1n) is 8.80. The van der Waals surface area contributed by atoms with E-state index in [4.69, 9.17) is 9.39 Å². The van der Waals surface area contributed by atoms with Crippen LogP contribution >= 0.6 is 0 Å². The van der Waals surface area contributed by atoms with Gasteiger partial charge >= 0.3 is 7.12 Å². The highest BCUT2D eigenvalue weighted by Gasteiger charge is 2.40. The third-order valence-corrected chi connectivity index (χ3v) is 5.39. The Hall–Kier alpha value is -0.395. The first-order chi connectivity index (χ1) is 10.7. The van der Waals surface area contributed by atoms with Crippen LogP contribution in [0.2, 0.25) is 0 Å². The largest absolute Gasteiger partial charge is 0.487 e. The number of hydrogen-bond donors (Lipinski definition) is 2. The Morgan fingerprint density at radius 1 is 1.26 bits per heavy atom. The lowest BCUT2D eigenvalue weighted by Gasteiger charge is -2.39. The summed E-state index contributed by atoms with van der Waals surface area (Å²) in [6.07, 6.45) is 6.03. The minimum absolute atomic E-state index is 0.537. The van der Waals surface area contributed by atoms with E-state index in [1.807, 2.05) is 0 Å². The Bertz CT molecular complexity index is 411. The van der Waals surface area contributed by atoms with Crippen LogP contribution in [0.5, 0.6) is 0 Å². The summed E-state index contributed by atoms with van der Waals surface area (Å²) in [4.78, 5) is 2.51. The summed E-state index contributed by atoms with van der Waals surface area (Å²) < 4.78 is 11.3. The zero-order chi connectivity index (χ0) is 17.1. The van der Waals surface area contributed by atoms with Crippen LogP contribution in [0.1, 0.15) is 53.4 Å². The van der Waals surface area contributed by atoms with E-state index in [1.54, 1.807) is 27.7 Å². The van der Waals surface area contributed by atoms with Crippen LogP contribution in [0.4, 0.5) is 0 Å². The Kier molecular flexibility index (Phi) is 6.31. The normalized spacial score (nSPS) is 25.0. The number of ether oxygens (including phenoxy) is 1. The Labute approximate surface area is 140 Å². The fourth-order valence-corrected chi connectivity index (χ4v) is 3.03. The summed E-state index contributed by atoms with van der Waals surface area (Å²) in [5, 5.41) is 20.5. The molecule has 2 N–H and O–H groups in total. The quantitative estimate of drug-likeness (QED) is 0.755. The highest BCUT2D eigenvalue weighted by atomic mass is 16.5. The summed E-state index contributed by atoms with van der Waals surface area (Å²) >= 11 is 0. The highest BCUT2D eigenvalue weighted by Crippen LogP contribution is 2.30. The van der Waals surface area contributed by atoms with Crippen LogP contribution in [0.25, 0.3) is 0 Å². The van der Waals surface area contributed by atoms with Gasteiger partial charge in [-0.3, -0.25) is 4.90 Å². The van der Waals surface area contributed by atoms with Gasteiger partial charge in [-0.05, 0) is 58.9 Å². The molecule has 1 aliphatic carbocycles. The van der Waals surface area contributed by atoms with Gasteiger partial charge in [0, 0.05) is 25.7 Å². The van der Waals surface area contributed by atoms with Gasteiger partial charge in [0.1, 0.15) is 0 Å². The van der Waals surface area contributed by atoms with Gasteiger partial charge in [0.2, 0.25) is 0 Å². The number of nitrogens with zero attached hydrogens (tertiary/aromatic N) is 1. The molecule has 0 saturated carbocycles. The van der Waals surface area contributed by atoms with Gasteiger partial charge in [0.15, 0.2) is 0 Å². The number of allylic oxidation sites excluding steroid dienone is 1. The number of hydrogen-bond acceptors (Lipinski definition) is 5. The van der Waals surface area contributed by atoms with Gasteiger partial charge in [0.05, 0.1) is 17.8 Å². The van der Waals surface area contributed by atoms with E-state index in [2.05, 4.69) is 11.0 Å². The third kappa shape index (κ3) is 5.04. The minimum atomic E-state index is -1.02. The van der Waals surface area contributed by atoms with Gasteiger partial charge in [-0.2, -0.15) is 0 Å². The van der Waals surface area contributed by atoms with Crippen molar-refractivity contribution in [2.24, 2.45) is 0 Å². The molecule has 6 heteroatoms. The van der Waals surface area contributed by atoms with Crippen LogP contribution in [0.15, 0.2) is 11.5 Å². The lowest BCUT2D eigenvalue weighted by atomic mass is 9.70. The molecule has 132 valence electrons. The first-order valence-corrected chi connectivity index (χ1v) is 8.80. The maximum Gasteiger partial charge on any atom is 0.487 e. The molecular formula is C17H32BNO4. The van der Waals surface area contributed by atoms with Crippen molar-refractivity contribution in [3.8, 4) is 0 Å². The monoisotopic (exact) mass is 325 g/mol. The molecule has 5 nitrogen and oxygen atoms in total. The van der Waals surface area contributed by atoms with Gasteiger partial charge < -0.3 is 19.5 Å². The van der Waals surface area contributed by atoms with Crippen molar-refractivity contribution in [2.75, 3.05) is 26.3 Å². The summed E-state index contributed by atoms with van der Waals surface area (Å²) in [5.74, 6) is 0. The molecule has 1 saturated heterocycles. The summed E-state index contributed by atoms with van der Waals surface area (Å²) in [6, 6.07) is 0.537. The molecule has 1 atom stereocenters. The predicted molar refractivity (Wildman–Crippen MR) is 92.2 cm³/mol. The standard InChI is InChI=1S/C17H32BNO4/c1-16(2,20)17(3,4)23-18(21)14-6-8-15(9-7-14)19-10-5-12-22-13-11-19/h6,15,20-21H,5,7-13H2,1-4H3. The molecule has 1 unspecified atom stereocenters. The SMILES string of the molecule is CC(C)(O)C(C)(C)OB(O)C1=CCC(N2CCCOCC2)CC1. The second kappa shape index (κ2) is 7.66. The molecule has 0 radical (unpaired) electrons. The first kappa shape index (κ1) is 18.9. The van der Waals surface area contributed by atoms with Crippen molar-refractivity contribution < 1.29 is 19.5 Å². The summed E-state index contributed by atoms with van der Waals surface area (Å²) in [7, 11) is -0.940. The molecule has 1 fully saturated rings. The van der Waals surface area contributed by atoms with Crippen molar-refractivity contribution in [1.82, 2.24) is 4.90 Å². The van der Waals surface area contributed by atoms with Crippen LogP contribution in [0, 0.1) is 0 Å². The number of aliphatic hydroxyl groups is 1. The van der Waals surface area contributed by atoms with Crippen LogP contribution < -0.4 is 0 Å². The van der Waals surface area contributed by atoms with Crippen molar-refractivity contribution in [3.05, 3.63) is 11.5 Å². The molecule has 0 aromatic heterocycles. The average Bonchev–Trinajstić information content (AvgIpc) is 2.75. The minimum Gasteiger partial charge on any atom is -0.423 e. The molecule has 0 aromatic carbocycles. The highest BCUT2D eigenvalue weighted by molar-refractivity contribution is 6.52. The smallest absolute Gasteiger partial charge is 0.423 e. The van der Waals surface area contributed by atoms with Gasteiger partial charge in [-0.1, -0.05) is 6.08 Å².